The molecule has 2 rings (SSSR count). The standard InChI is InChI=1S/C41H54O2/c1-29(18-14-20-31(3)22-24-36-34(6)38(42)26-27-40(36,8)9)16-12-13-17-30(2)19-15-21-32(4)23-25-37-35(7)39(43)33(5)28-41(37,10)11/h12-25,33H,26-28H2,1-11H3/b13-12+,18-14+,19-15+,24-22+,25-23+,29-16+,30-17+,31-20+,32-21+. The second-order valence-electron chi connectivity index (χ2n) is 13.7. The van der Waals surface area contributed by atoms with Crippen molar-refractivity contribution in [3.63, 3.8) is 0 Å². The fourth-order valence-electron chi connectivity index (χ4n) is 5.86. The van der Waals surface area contributed by atoms with Crippen molar-refractivity contribution >= 4 is 11.6 Å². The number of hydrogen-bond donors (Lipinski definition) is 0. The SMILES string of the molecule is CC1=C(/C=C/C(C)=C/C=C/C(C)=C/C=C/C=C(C)/C=C/C=C(C)/C=C/C2=C(C)C(=O)C(C)CC2(C)C)C(C)(C)CCC1=O. The van der Waals surface area contributed by atoms with Gasteiger partial charge in [-0.2, -0.15) is 0 Å². The van der Waals surface area contributed by atoms with Crippen molar-refractivity contribution in [2.75, 3.05) is 0 Å². The zero-order valence-corrected chi connectivity index (χ0v) is 28.6. The lowest BCUT2D eigenvalue weighted by molar-refractivity contribution is -0.120. The third-order valence-electron chi connectivity index (χ3n) is 8.59. The van der Waals surface area contributed by atoms with Gasteiger partial charge in [0.05, 0.1) is 0 Å². The molecule has 0 N–H and O–H groups in total. The average Bonchev–Trinajstić information content (AvgIpc) is 2.91. The van der Waals surface area contributed by atoms with Crippen LogP contribution in [0.15, 0.2) is 130 Å². The number of hydrogen-bond acceptors (Lipinski definition) is 2. The summed E-state index contributed by atoms with van der Waals surface area (Å²) in [6, 6.07) is 0. The number of ketones is 2. The Hall–Kier alpha value is -3.52. The fraction of sp³-hybridized carbons (Fsp3) is 0.415. The van der Waals surface area contributed by atoms with Crippen molar-refractivity contribution in [1.82, 2.24) is 0 Å². The first-order chi connectivity index (χ1) is 20.0. The van der Waals surface area contributed by atoms with Crippen LogP contribution in [0, 0.1) is 16.7 Å². The van der Waals surface area contributed by atoms with Crippen molar-refractivity contribution in [2.24, 2.45) is 16.7 Å². The zero-order valence-electron chi connectivity index (χ0n) is 28.6. The highest BCUT2D eigenvalue weighted by atomic mass is 16.1. The number of allylic oxidation sites excluding steroid dienone is 22. The van der Waals surface area contributed by atoms with Gasteiger partial charge < -0.3 is 0 Å². The predicted octanol–water partition coefficient (Wildman–Crippen LogP) is 11.2. The third kappa shape index (κ3) is 10.9. The van der Waals surface area contributed by atoms with E-state index in [0.29, 0.717) is 6.42 Å². The average molecular weight is 579 g/mol. The lowest BCUT2D eigenvalue weighted by Crippen LogP contribution is -2.30. The molecule has 0 radical (unpaired) electrons. The highest BCUT2D eigenvalue weighted by molar-refractivity contribution is 5.99. The molecule has 1 atom stereocenters. The van der Waals surface area contributed by atoms with Crippen LogP contribution >= 0.6 is 0 Å². The molecule has 1 unspecified atom stereocenters. The van der Waals surface area contributed by atoms with Crippen molar-refractivity contribution in [2.45, 2.75) is 95.4 Å². The van der Waals surface area contributed by atoms with Crippen molar-refractivity contribution in [1.29, 1.82) is 0 Å². The van der Waals surface area contributed by atoms with Crippen LogP contribution in [0.2, 0.25) is 0 Å². The Morgan fingerprint density at radius 2 is 1.05 bits per heavy atom. The lowest BCUT2D eigenvalue weighted by atomic mass is 9.68. The van der Waals surface area contributed by atoms with Crippen LogP contribution in [-0.2, 0) is 9.59 Å². The van der Waals surface area contributed by atoms with Gasteiger partial charge in [-0.15, -0.1) is 0 Å². The molecule has 0 aromatic heterocycles. The molecule has 0 amide bonds. The van der Waals surface area contributed by atoms with Crippen molar-refractivity contribution in [3.8, 4) is 0 Å². The number of carbonyl (C=O) groups is 2. The van der Waals surface area contributed by atoms with Crippen LogP contribution in [0.5, 0.6) is 0 Å². The van der Waals surface area contributed by atoms with Crippen LogP contribution in [0.4, 0.5) is 0 Å². The van der Waals surface area contributed by atoms with E-state index in [4.69, 9.17) is 0 Å². The van der Waals surface area contributed by atoms with E-state index in [9.17, 15) is 9.59 Å². The summed E-state index contributed by atoms with van der Waals surface area (Å²) in [4.78, 5) is 24.6. The number of rotatable bonds is 10. The van der Waals surface area contributed by atoms with Gasteiger partial charge in [-0.05, 0) is 87.5 Å². The van der Waals surface area contributed by atoms with E-state index in [1.807, 2.05) is 20.8 Å². The van der Waals surface area contributed by atoms with E-state index in [1.165, 1.54) is 0 Å². The van der Waals surface area contributed by atoms with Gasteiger partial charge in [0.1, 0.15) is 0 Å². The van der Waals surface area contributed by atoms with E-state index in [-0.39, 0.29) is 28.3 Å². The quantitative estimate of drug-likeness (QED) is 0.242. The molecule has 0 aliphatic heterocycles. The van der Waals surface area contributed by atoms with E-state index >= 15 is 0 Å². The molecule has 0 saturated carbocycles. The van der Waals surface area contributed by atoms with Crippen LogP contribution in [-0.4, -0.2) is 11.6 Å². The predicted molar refractivity (Wildman–Crippen MR) is 187 cm³/mol. The maximum absolute atomic E-state index is 12.5. The molecular weight excluding hydrogens is 524 g/mol. The Morgan fingerprint density at radius 1 is 0.628 bits per heavy atom. The molecule has 43 heavy (non-hydrogen) atoms. The van der Waals surface area contributed by atoms with Gasteiger partial charge in [-0.1, -0.05) is 142 Å². The summed E-state index contributed by atoms with van der Waals surface area (Å²) < 4.78 is 0. The lowest BCUT2D eigenvalue weighted by Gasteiger charge is -2.35. The molecule has 0 fully saturated rings. The normalized spacial score (nSPS) is 23.1. The first-order valence-electron chi connectivity index (χ1n) is 15.6. The highest BCUT2D eigenvalue weighted by Gasteiger charge is 2.35. The van der Waals surface area contributed by atoms with E-state index in [1.54, 1.807) is 0 Å². The largest absolute Gasteiger partial charge is 0.295 e. The molecule has 0 spiro atoms. The molecule has 0 aromatic carbocycles. The van der Waals surface area contributed by atoms with Crippen LogP contribution in [0.3, 0.4) is 0 Å². The second-order valence-corrected chi connectivity index (χ2v) is 13.7. The molecule has 2 nitrogen and oxygen atoms in total. The van der Waals surface area contributed by atoms with Gasteiger partial charge >= 0.3 is 0 Å². The monoisotopic (exact) mass is 578 g/mol. The Morgan fingerprint density at radius 3 is 1.53 bits per heavy atom. The van der Waals surface area contributed by atoms with Gasteiger partial charge in [-0.25, -0.2) is 0 Å². The maximum Gasteiger partial charge on any atom is 0.161 e. The summed E-state index contributed by atoms with van der Waals surface area (Å²) in [6.45, 7) is 23.2. The number of Topliss-reactive ketones (excluding diaryl/α,β-unsaturated/α-hetero) is 2. The Bertz CT molecular complexity index is 1410. The Kier molecular flexibility index (Phi) is 13.1. The Labute approximate surface area is 262 Å². The molecule has 0 bridgehead atoms. The smallest absolute Gasteiger partial charge is 0.161 e. The topological polar surface area (TPSA) is 34.1 Å². The van der Waals surface area contributed by atoms with Gasteiger partial charge in [0, 0.05) is 12.3 Å². The summed E-state index contributed by atoms with van der Waals surface area (Å²) in [5, 5.41) is 0. The minimum absolute atomic E-state index is 0.0121. The summed E-state index contributed by atoms with van der Waals surface area (Å²) >= 11 is 0. The summed E-state index contributed by atoms with van der Waals surface area (Å²) in [7, 11) is 0. The van der Waals surface area contributed by atoms with Crippen LogP contribution in [0.25, 0.3) is 0 Å². The highest BCUT2D eigenvalue weighted by Crippen LogP contribution is 2.42. The van der Waals surface area contributed by atoms with E-state index in [0.717, 1.165) is 57.4 Å². The molecule has 2 aliphatic rings. The number of carbonyl (C=O) groups excluding carboxylic acids is 2. The summed E-state index contributed by atoms with van der Waals surface area (Å²) in [5.74, 6) is 0.646. The van der Waals surface area contributed by atoms with Gasteiger partial charge in [0.2, 0.25) is 0 Å². The van der Waals surface area contributed by atoms with E-state index in [2.05, 4.69) is 140 Å². The minimum atomic E-state index is 0.0121. The molecule has 2 heteroatoms. The first-order valence-corrected chi connectivity index (χ1v) is 15.6. The summed E-state index contributed by atoms with van der Waals surface area (Å²) in [5.41, 5.74) is 8.78. The molecule has 2 aliphatic carbocycles. The Balaban J connectivity index is 1.94. The van der Waals surface area contributed by atoms with Gasteiger partial charge in [-0.3, -0.25) is 9.59 Å². The van der Waals surface area contributed by atoms with Crippen molar-refractivity contribution in [3.05, 3.63) is 130 Å². The van der Waals surface area contributed by atoms with Crippen molar-refractivity contribution < 1.29 is 9.59 Å². The maximum atomic E-state index is 12.5. The first kappa shape index (κ1) is 35.7. The van der Waals surface area contributed by atoms with Gasteiger partial charge in [0.15, 0.2) is 11.6 Å². The second kappa shape index (κ2) is 15.8. The molecule has 0 saturated heterocycles. The molecular formula is C41H54O2. The zero-order chi connectivity index (χ0) is 32.4. The van der Waals surface area contributed by atoms with E-state index < -0.39 is 0 Å². The summed E-state index contributed by atoms with van der Waals surface area (Å²) in [6.07, 6.45) is 31.7. The molecule has 0 aromatic rings. The third-order valence-corrected chi connectivity index (χ3v) is 8.59. The molecule has 230 valence electrons. The minimum Gasteiger partial charge on any atom is -0.295 e. The van der Waals surface area contributed by atoms with Crippen LogP contribution in [0.1, 0.15) is 95.4 Å². The van der Waals surface area contributed by atoms with Crippen LogP contribution < -0.4 is 0 Å². The molecule has 0 heterocycles. The van der Waals surface area contributed by atoms with Gasteiger partial charge in [0.25, 0.3) is 0 Å². The fourth-order valence-corrected chi connectivity index (χ4v) is 5.86.